The monoisotopic (exact) mass is 267 g/mol. The summed E-state index contributed by atoms with van der Waals surface area (Å²) < 4.78 is 11.1. The molecule has 1 saturated heterocycles. The number of nitrogens with one attached hydrogen (secondary N) is 1. The fourth-order valence-corrected chi connectivity index (χ4v) is 2.49. The molecule has 0 bridgehead atoms. The lowest BCUT2D eigenvalue weighted by atomic mass is 10.1. The molecule has 1 N–H and O–H groups in total. The molecule has 19 heavy (non-hydrogen) atoms. The van der Waals surface area contributed by atoms with Gasteiger partial charge in [-0.3, -0.25) is 0 Å². The average Bonchev–Trinajstić information content (AvgIpc) is 2.70. The van der Waals surface area contributed by atoms with Crippen LogP contribution in [0.5, 0.6) is 0 Å². The summed E-state index contributed by atoms with van der Waals surface area (Å²) in [5.74, 6) is 1.73. The third-order valence-electron chi connectivity index (χ3n) is 3.52. The second kappa shape index (κ2) is 7.01. The van der Waals surface area contributed by atoms with Crippen molar-refractivity contribution in [1.29, 1.82) is 0 Å². The number of aromatic nitrogens is 2. The molecule has 1 aromatic heterocycles. The Morgan fingerprint density at radius 1 is 1.37 bits per heavy atom. The van der Waals surface area contributed by atoms with E-state index in [-0.39, 0.29) is 12.1 Å². The Hall–Kier alpha value is -0.940. The minimum Gasteiger partial charge on any atom is -0.370 e. The zero-order chi connectivity index (χ0) is 13.7. The van der Waals surface area contributed by atoms with E-state index in [2.05, 4.69) is 29.3 Å². The lowest BCUT2D eigenvalue weighted by Crippen LogP contribution is -2.20. The lowest BCUT2D eigenvalue weighted by Gasteiger charge is -2.16. The topological polar surface area (TPSA) is 60.2 Å². The summed E-state index contributed by atoms with van der Waals surface area (Å²) in [6, 6.07) is 0.207. The summed E-state index contributed by atoms with van der Waals surface area (Å²) in [5.41, 5.74) is 0. The van der Waals surface area contributed by atoms with Gasteiger partial charge in [-0.15, -0.1) is 0 Å². The fourth-order valence-electron chi connectivity index (χ4n) is 2.49. The normalized spacial score (nSPS) is 22.4. The Morgan fingerprint density at radius 3 is 2.95 bits per heavy atom. The molecule has 1 fully saturated rings. The highest BCUT2D eigenvalue weighted by Gasteiger charge is 2.25. The van der Waals surface area contributed by atoms with E-state index < -0.39 is 0 Å². The largest absolute Gasteiger partial charge is 0.370 e. The maximum atomic E-state index is 5.71. The number of nitrogens with zero attached hydrogens (tertiary/aromatic N) is 2. The smallest absolute Gasteiger partial charge is 0.243 e. The molecule has 1 aliphatic heterocycles. The van der Waals surface area contributed by atoms with Crippen molar-refractivity contribution in [3.05, 3.63) is 11.7 Å². The van der Waals surface area contributed by atoms with E-state index in [9.17, 15) is 0 Å². The standard InChI is InChI=1S/C14H25N3O2/c1-4-18-12(10(2)3)13-16-14(19-17-13)11-8-6-5-7-9-15-11/h10-12,15H,4-9H2,1-3H3. The minimum absolute atomic E-state index is 0.0757. The summed E-state index contributed by atoms with van der Waals surface area (Å²) in [7, 11) is 0. The van der Waals surface area contributed by atoms with Crippen LogP contribution in [-0.4, -0.2) is 23.3 Å². The van der Waals surface area contributed by atoms with Crippen molar-refractivity contribution >= 4 is 0 Å². The van der Waals surface area contributed by atoms with Gasteiger partial charge < -0.3 is 14.6 Å². The third kappa shape index (κ3) is 3.76. The van der Waals surface area contributed by atoms with Crippen LogP contribution in [0.2, 0.25) is 0 Å². The van der Waals surface area contributed by atoms with Crippen molar-refractivity contribution < 1.29 is 9.26 Å². The van der Waals surface area contributed by atoms with Crippen LogP contribution in [0, 0.1) is 5.92 Å². The van der Waals surface area contributed by atoms with E-state index in [4.69, 9.17) is 9.26 Å². The Labute approximate surface area is 115 Å². The van der Waals surface area contributed by atoms with Gasteiger partial charge in [0.25, 0.3) is 0 Å². The Bertz CT molecular complexity index is 371. The van der Waals surface area contributed by atoms with Gasteiger partial charge in [0.2, 0.25) is 11.7 Å². The molecule has 0 amide bonds. The highest BCUT2D eigenvalue weighted by atomic mass is 16.5. The van der Waals surface area contributed by atoms with Gasteiger partial charge in [0.15, 0.2) is 0 Å². The van der Waals surface area contributed by atoms with E-state index in [1.54, 1.807) is 0 Å². The predicted octanol–water partition coefficient (Wildman–Crippen LogP) is 3.01. The summed E-state index contributed by atoms with van der Waals surface area (Å²) >= 11 is 0. The Morgan fingerprint density at radius 2 is 2.21 bits per heavy atom. The predicted molar refractivity (Wildman–Crippen MR) is 72.7 cm³/mol. The third-order valence-corrected chi connectivity index (χ3v) is 3.52. The van der Waals surface area contributed by atoms with Crippen molar-refractivity contribution in [2.75, 3.05) is 13.2 Å². The summed E-state index contributed by atoms with van der Waals surface area (Å²) in [6.45, 7) is 7.90. The molecule has 108 valence electrons. The van der Waals surface area contributed by atoms with Crippen molar-refractivity contribution in [1.82, 2.24) is 15.5 Å². The van der Waals surface area contributed by atoms with Gasteiger partial charge >= 0.3 is 0 Å². The maximum Gasteiger partial charge on any atom is 0.243 e. The van der Waals surface area contributed by atoms with Crippen molar-refractivity contribution in [3.63, 3.8) is 0 Å². The Kier molecular flexibility index (Phi) is 5.34. The molecular formula is C14H25N3O2. The SMILES string of the molecule is CCOC(c1noc(C2CCCCCN2)n1)C(C)C. The van der Waals surface area contributed by atoms with Gasteiger partial charge in [-0.25, -0.2) is 0 Å². The van der Waals surface area contributed by atoms with Crippen LogP contribution in [-0.2, 0) is 4.74 Å². The van der Waals surface area contributed by atoms with Gasteiger partial charge in [-0.1, -0.05) is 31.8 Å². The first-order valence-corrected chi connectivity index (χ1v) is 7.40. The van der Waals surface area contributed by atoms with Crippen LogP contribution < -0.4 is 5.32 Å². The highest BCUT2D eigenvalue weighted by molar-refractivity contribution is 4.97. The van der Waals surface area contributed by atoms with Crippen LogP contribution in [0.25, 0.3) is 0 Å². The number of hydrogen-bond acceptors (Lipinski definition) is 5. The minimum atomic E-state index is -0.0757. The number of rotatable bonds is 5. The van der Waals surface area contributed by atoms with E-state index in [1.165, 1.54) is 19.3 Å². The molecule has 2 rings (SSSR count). The van der Waals surface area contributed by atoms with Crippen molar-refractivity contribution in [2.45, 2.75) is 58.6 Å². The first kappa shape index (κ1) is 14.5. The second-order valence-corrected chi connectivity index (χ2v) is 5.47. The van der Waals surface area contributed by atoms with E-state index in [1.807, 2.05) is 6.92 Å². The maximum absolute atomic E-state index is 5.71. The fraction of sp³-hybridized carbons (Fsp3) is 0.857. The molecule has 0 aromatic carbocycles. The second-order valence-electron chi connectivity index (χ2n) is 5.47. The molecule has 0 spiro atoms. The van der Waals surface area contributed by atoms with E-state index in [0.717, 1.165) is 13.0 Å². The molecule has 5 heteroatoms. The molecular weight excluding hydrogens is 242 g/mol. The van der Waals surface area contributed by atoms with E-state index in [0.29, 0.717) is 24.2 Å². The number of hydrogen-bond donors (Lipinski definition) is 1. The molecule has 1 aromatic rings. The molecule has 0 aliphatic carbocycles. The number of ether oxygens (including phenoxy) is 1. The van der Waals surface area contributed by atoms with Crippen molar-refractivity contribution in [3.8, 4) is 0 Å². The van der Waals surface area contributed by atoms with Gasteiger partial charge in [0, 0.05) is 6.61 Å². The molecule has 0 radical (unpaired) electrons. The molecule has 5 nitrogen and oxygen atoms in total. The van der Waals surface area contributed by atoms with Gasteiger partial charge in [0.1, 0.15) is 6.10 Å². The molecule has 2 heterocycles. The molecule has 2 atom stereocenters. The van der Waals surface area contributed by atoms with Crippen LogP contribution in [0.1, 0.15) is 70.3 Å². The van der Waals surface area contributed by atoms with Gasteiger partial charge in [-0.2, -0.15) is 4.98 Å². The zero-order valence-electron chi connectivity index (χ0n) is 12.2. The molecule has 0 saturated carbocycles. The lowest BCUT2D eigenvalue weighted by molar-refractivity contribution is 0.0217. The first-order chi connectivity index (χ1) is 9.22. The molecule has 1 aliphatic rings. The van der Waals surface area contributed by atoms with E-state index >= 15 is 0 Å². The van der Waals surface area contributed by atoms with Crippen LogP contribution >= 0.6 is 0 Å². The zero-order valence-corrected chi connectivity index (χ0v) is 12.2. The average molecular weight is 267 g/mol. The molecule has 2 unspecified atom stereocenters. The first-order valence-electron chi connectivity index (χ1n) is 7.40. The highest BCUT2D eigenvalue weighted by Crippen LogP contribution is 2.26. The Balaban J connectivity index is 2.08. The summed E-state index contributed by atoms with van der Waals surface area (Å²) in [4.78, 5) is 4.55. The van der Waals surface area contributed by atoms with Gasteiger partial charge in [0.05, 0.1) is 6.04 Å². The van der Waals surface area contributed by atoms with Crippen molar-refractivity contribution in [2.24, 2.45) is 5.92 Å². The summed E-state index contributed by atoms with van der Waals surface area (Å²) in [5, 5.41) is 7.59. The van der Waals surface area contributed by atoms with Crippen LogP contribution in [0.4, 0.5) is 0 Å². The quantitative estimate of drug-likeness (QED) is 0.888. The van der Waals surface area contributed by atoms with Crippen LogP contribution in [0.3, 0.4) is 0 Å². The summed E-state index contributed by atoms with van der Waals surface area (Å²) in [6.07, 6.45) is 4.72. The van der Waals surface area contributed by atoms with Gasteiger partial charge in [-0.05, 0) is 32.2 Å². The van der Waals surface area contributed by atoms with Crippen LogP contribution in [0.15, 0.2) is 4.52 Å².